The van der Waals surface area contributed by atoms with E-state index in [2.05, 4.69) is 15.7 Å². The van der Waals surface area contributed by atoms with E-state index in [1.807, 2.05) is 47.4 Å². The Balaban J connectivity index is 0.000000210. The molecular weight excluding hydrogens is 432 g/mol. The van der Waals surface area contributed by atoms with Crippen LogP contribution in [-0.4, -0.2) is 47.7 Å². The fourth-order valence-electron chi connectivity index (χ4n) is 3.33. The van der Waals surface area contributed by atoms with Gasteiger partial charge in [0.1, 0.15) is 0 Å². The van der Waals surface area contributed by atoms with Crippen LogP contribution in [0, 0.1) is 17.2 Å². The normalized spacial score (nSPS) is 15.9. The molecule has 0 radical (unpaired) electrons. The SMILES string of the molecule is N#CC1CN(Sc2cccc(C(=O)N3CCCC3)c2)C1.O=CNCc1ccccc1Cl. The maximum Gasteiger partial charge on any atom is 0.253 e. The van der Waals surface area contributed by atoms with Crippen molar-refractivity contribution in [1.29, 1.82) is 5.26 Å². The molecule has 0 aromatic heterocycles. The fraction of sp³-hybridized carbons (Fsp3) is 0.348. The van der Waals surface area contributed by atoms with Crippen molar-refractivity contribution in [3.8, 4) is 6.07 Å². The van der Waals surface area contributed by atoms with Crippen LogP contribution in [0.5, 0.6) is 0 Å². The van der Waals surface area contributed by atoms with E-state index in [0.717, 1.165) is 55.0 Å². The highest BCUT2D eigenvalue weighted by atomic mass is 35.5. The van der Waals surface area contributed by atoms with Crippen LogP contribution in [0.15, 0.2) is 53.4 Å². The van der Waals surface area contributed by atoms with Crippen molar-refractivity contribution >= 4 is 35.9 Å². The van der Waals surface area contributed by atoms with Gasteiger partial charge in [-0.25, -0.2) is 4.31 Å². The molecule has 162 valence electrons. The quantitative estimate of drug-likeness (QED) is 0.525. The zero-order valence-corrected chi connectivity index (χ0v) is 18.7. The molecule has 0 atom stereocenters. The zero-order chi connectivity index (χ0) is 22.1. The molecule has 2 aliphatic rings. The lowest BCUT2D eigenvalue weighted by Crippen LogP contribution is -2.40. The lowest BCUT2D eigenvalue weighted by Gasteiger charge is -2.33. The number of hydrogen-bond donors (Lipinski definition) is 1. The van der Waals surface area contributed by atoms with Crippen LogP contribution in [0.2, 0.25) is 5.02 Å². The topological polar surface area (TPSA) is 76.4 Å². The van der Waals surface area contributed by atoms with Crippen molar-refractivity contribution in [2.24, 2.45) is 5.92 Å². The first kappa shape index (κ1) is 23.1. The number of hydrogen-bond acceptors (Lipinski definition) is 5. The molecule has 0 aliphatic carbocycles. The van der Waals surface area contributed by atoms with E-state index in [-0.39, 0.29) is 11.8 Å². The number of halogens is 1. The van der Waals surface area contributed by atoms with Crippen molar-refractivity contribution < 1.29 is 9.59 Å². The van der Waals surface area contributed by atoms with Crippen LogP contribution in [-0.2, 0) is 11.3 Å². The molecule has 6 nitrogen and oxygen atoms in total. The molecule has 0 bridgehead atoms. The largest absolute Gasteiger partial charge is 0.355 e. The summed E-state index contributed by atoms with van der Waals surface area (Å²) in [7, 11) is 0. The Morgan fingerprint density at radius 2 is 1.94 bits per heavy atom. The van der Waals surface area contributed by atoms with E-state index in [0.29, 0.717) is 18.0 Å². The van der Waals surface area contributed by atoms with E-state index in [9.17, 15) is 9.59 Å². The van der Waals surface area contributed by atoms with E-state index in [4.69, 9.17) is 16.9 Å². The minimum absolute atomic E-state index is 0.142. The molecular formula is C23H25ClN4O2S. The second-order valence-electron chi connectivity index (χ2n) is 7.38. The second kappa shape index (κ2) is 11.8. The van der Waals surface area contributed by atoms with Gasteiger partial charge in [0.15, 0.2) is 0 Å². The van der Waals surface area contributed by atoms with Gasteiger partial charge in [0, 0.05) is 48.2 Å². The Bertz CT molecular complexity index is 937. The summed E-state index contributed by atoms with van der Waals surface area (Å²) in [5.74, 6) is 0.306. The number of nitrogens with zero attached hydrogens (tertiary/aromatic N) is 3. The average Bonchev–Trinajstić information content (AvgIpc) is 3.30. The Kier molecular flexibility index (Phi) is 8.77. The van der Waals surface area contributed by atoms with Gasteiger partial charge in [-0.2, -0.15) is 5.26 Å². The van der Waals surface area contributed by atoms with E-state index < -0.39 is 0 Å². The molecule has 0 spiro atoms. The molecule has 0 unspecified atom stereocenters. The third-order valence-electron chi connectivity index (χ3n) is 5.07. The summed E-state index contributed by atoms with van der Waals surface area (Å²) >= 11 is 7.44. The number of likely N-dealkylation sites (tertiary alicyclic amines) is 1. The van der Waals surface area contributed by atoms with E-state index in [1.54, 1.807) is 18.0 Å². The summed E-state index contributed by atoms with van der Waals surface area (Å²) in [6, 6.07) is 17.5. The number of benzene rings is 2. The van der Waals surface area contributed by atoms with Gasteiger partial charge in [0.25, 0.3) is 5.91 Å². The highest BCUT2D eigenvalue weighted by molar-refractivity contribution is 7.97. The lowest BCUT2D eigenvalue weighted by atomic mass is 10.1. The lowest BCUT2D eigenvalue weighted by molar-refractivity contribution is -0.109. The van der Waals surface area contributed by atoms with Crippen LogP contribution >= 0.6 is 23.5 Å². The van der Waals surface area contributed by atoms with Gasteiger partial charge in [-0.15, -0.1) is 0 Å². The fourth-order valence-corrected chi connectivity index (χ4v) is 4.65. The molecule has 2 aromatic rings. The molecule has 4 rings (SSSR count). The van der Waals surface area contributed by atoms with Crippen molar-refractivity contribution in [1.82, 2.24) is 14.5 Å². The molecule has 1 N–H and O–H groups in total. The standard InChI is InChI=1S/C15H17N3OS.C8H8ClNO/c16-9-12-10-18(11-12)20-14-5-3-4-13(8-14)15(19)17-6-1-2-7-17;9-8-4-2-1-3-7(8)5-10-6-11/h3-5,8,12H,1-2,6-7,10-11H2;1-4,6H,5H2,(H,10,11). The molecule has 2 saturated heterocycles. The minimum Gasteiger partial charge on any atom is -0.355 e. The monoisotopic (exact) mass is 456 g/mol. The van der Waals surface area contributed by atoms with Gasteiger partial charge < -0.3 is 10.2 Å². The zero-order valence-electron chi connectivity index (χ0n) is 17.2. The maximum absolute atomic E-state index is 12.3. The van der Waals surface area contributed by atoms with Gasteiger partial charge in [-0.3, -0.25) is 9.59 Å². The maximum atomic E-state index is 12.3. The predicted molar refractivity (Wildman–Crippen MR) is 122 cm³/mol. The molecule has 2 amide bonds. The van der Waals surface area contributed by atoms with Crippen molar-refractivity contribution in [2.75, 3.05) is 26.2 Å². The Hall–Kier alpha value is -2.53. The van der Waals surface area contributed by atoms with Crippen LogP contribution < -0.4 is 5.32 Å². The van der Waals surface area contributed by atoms with Crippen LogP contribution in [0.4, 0.5) is 0 Å². The first-order valence-corrected chi connectivity index (χ1v) is 11.4. The van der Waals surface area contributed by atoms with Crippen molar-refractivity contribution in [3.63, 3.8) is 0 Å². The molecule has 0 saturated carbocycles. The minimum atomic E-state index is 0.142. The Morgan fingerprint density at radius 3 is 2.61 bits per heavy atom. The average molecular weight is 457 g/mol. The van der Waals surface area contributed by atoms with Gasteiger partial charge >= 0.3 is 0 Å². The Labute approximate surface area is 192 Å². The number of amides is 2. The summed E-state index contributed by atoms with van der Waals surface area (Å²) in [5, 5.41) is 12.0. The smallest absolute Gasteiger partial charge is 0.253 e. The summed E-state index contributed by atoms with van der Waals surface area (Å²) in [6.07, 6.45) is 2.89. The van der Waals surface area contributed by atoms with Gasteiger partial charge in [0.2, 0.25) is 6.41 Å². The number of nitrogens with one attached hydrogen (secondary N) is 1. The number of carbonyl (C=O) groups is 2. The third kappa shape index (κ3) is 6.73. The van der Waals surface area contributed by atoms with Gasteiger partial charge in [0.05, 0.1) is 12.0 Å². The molecule has 2 aromatic carbocycles. The molecule has 2 fully saturated rings. The molecule has 31 heavy (non-hydrogen) atoms. The number of nitriles is 1. The first-order chi connectivity index (χ1) is 15.1. The molecule has 8 heteroatoms. The predicted octanol–water partition coefficient (Wildman–Crippen LogP) is 3.97. The second-order valence-corrected chi connectivity index (χ2v) is 8.96. The van der Waals surface area contributed by atoms with E-state index >= 15 is 0 Å². The van der Waals surface area contributed by atoms with Gasteiger partial charge in [-0.05, 0) is 54.6 Å². The first-order valence-electron chi connectivity index (χ1n) is 10.2. The number of carbonyl (C=O) groups excluding carboxylic acids is 2. The highest BCUT2D eigenvalue weighted by Crippen LogP contribution is 2.30. The number of rotatable bonds is 6. The van der Waals surface area contributed by atoms with Crippen LogP contribution in [0.25, 0.3) is 0 Å². The van der Waals surface area contributed by atoms with Crippen molar-refractivity contribution in [3.05, 3.63) is 64.7 Å². The van der Waals surface area contributed by atoms with Crippen LogP contribution in [0.3, 0.4) is 0 Å². The summed E-state index contributed by atoms with van der Waals surface area (Å²) < 4.78 is 2.16. The summed E-state index contributed by atoms with van der Waals surface area (Å²) in [5.41, 5.74) is 1.70. The third-order valence-corrected chi connectivity index (χ3v) is 6.46. The van der Waals surface area contributed by atoms with Crippen LogP contribution in [0.1, 0.15) is 28.8 Å². The molecule has 2 heterocycles. The van der Waals surface area contributed by atoms with Crippen molar-refractivity contribution in [2.45, 2.75) is 24.3 Å². The summed E-state index contributed by atoms with van der Waals surface area (Å²) in [6.45, 7) is 3.87. The van der Waals surface area contributed by atoms with E-state index in [1.165, 1.54) is 0 Å². The summed E-state index contributed by atoms with van der Waals surface area (Å²) in [4.78, 5) is 25.3. The van der Waals surface area contributed by atoms with Gasteiger partial charge in [-0.1, -0.05) is 35.9 Å². The molecule has 2 aliphatic heterocycles. The highest BCUT2D eigenvalue weighted by Gasteiger charge is 2.27. The Morgan fingerprint density at radius 1 is 1.19 bits per heavy atom.